The number of nitrogens with zero attached hydrogens (tertiary/aromatic N) is 5. The number of ether oxygens (including phenoxy) is 1. The van der Waals surface area contributed by atoms with E-state index in [-0.39, 0.29) is 23.9 Å². The van der Waals surface area contributed by atoms with Crippen molar-refractivity contribution in [2.24, 2.45) is 0 Å². The number of hydrogen-bond acceptors (Lipinski definition) is 8. The Labute approximate surface area is 202 Å². The molecule has 3 aromatic rings. The number of aryl methyl sites for hydroxylation is 2. The van der Waals surface area contributed by atoms with E-state index in [9.17, 15) is 22.8 Å². The van der Waals surface area contributed by atoms with E-state index >= 15 is 0 Å². The van der Waals surface area contributed by atoms with E-state index in [2.05, 4.69) is 35.9 Å². The van der Waals surface area contributed by atoms with Crippen molar-refractivity contribution in [3.05, 3.63) is 51.7 Å². The zero-order valence-electron chi connectivity index (χ0n) is 18.8. The van der Waals surface area contributed by atoms with E-state index < -0.39 is 12.3 Å². The number of amides is 2. The molecule has 0 unspecified atom stereocenters. The number of rotatable bonds is 12. The van der Waals surface area contributed by atoms with Gasteiger partial charge in [-0.1, -0.05) is 35.6 Å². The molecule has 0 spiro atoms. The Morgan fingerprint density at radius 3 is 2.71 bits per heavy atom. The molecule has 10 nitrogen and oxygen atoms in total. The van der Waals surface area contributed by atoms with Gasteiger partial charge in [0, 0.05) is 26.1 Å². The Hall–Kier alpha value is -3.55. The molecule has 0 atom stereocenters. The summed E-state index contributed by atoms with van der Waals surface area (Å²) in [7, 11) is 0. The minimum atomic E-state index is -4.79. The van der Waals surface area contributed by atoms with Crippen LogP contribution in [0.15, 0.2) is 30.5 Å². The second-order valence-corrected chi connectivity index (χ2v) is 8.52. The fourth-order valence-corrected chi connectivity index (χ4v) is 3.75. The summed E-state index contributed by atoms with van der Waals surface area (Å²) >= 11 is 1.27. The SMILES string of the molecule is CCCNC(=O)c1nnc(CCCCn2cc(C(=O)NCc3cccc(OC(F)(F)F)c3)nn2)s1. The van der Waals surface area contributed by atoms with E-state index in [1.165, 1.54) is 40.4 Å². The predicted molar refractivity (Wildman–Crippen MR) is 120 cm³/mol. The zero-order chi connectivity index (χ0) is 25.3. The predicted octanol–water partition coefficient (Wildman–Crippen LogP) is 3.12. The van der Waals surface area contributed by atoms with Gasteiger partial charge in [-0.2, -0.15) is 0 Å². The summed E-state index contributed by atoms with van der Waals surface area (Å²) < 4.78 is 42.5. The van der Waals surface area contributed by atoms with Gasteiger partial charge in [-0.3, -0.25) is 14.3 Å². The number of halogens is 3. The third-order valence-electron chi connectivity index (χ3n) is 4.58. The minimum Gasteiger partial charge on any atom is -0.406 e. The van der Waals surface area contributed by atoms with Crippen LogP contribution in [-0.4, -0.2) is 49.9 Å². The minimum absolute atomic E-state index is 0.00105. The molecule has 3 rings (SSSR count). The molecule has 0 saturated carbocycles. The summed E-state index contributed by atoms with van der Waals surface area (Å²) in [5.41, 5.74) is 0.537. The zero-order valence-corrected chi connectivity index (χ0v) is 19.7. The molecule has 2 N–H and O–H groups in total. The number of nitrogens with one attached hydrogen (secondary N) is 2. The van der Waals surface area contributed by atoms with Gasteiger partial charge >= 0.3 is 6.36 Å². The highest BCUT2D eigenvalue weighted by Crippen LogP contribution is 2.23. The summed E-state index contributed by atoms with van der Waals surface area (Å²) in [6, 6.07) is 5.35. The Kier molecular flexibility index (Phi) is 9.11. The van der Waals surface area contributed by atoms with Crippen molar-refractivity contribution in [3.8, 4) is 5.75 Å². The van der Waals surface area contributed by atoms with Crippen LogP contribution in [0, 0.1) is 0 Å². The first-order valence-electron chi connectivity index (χ1n) is 10.9. The second-order valence-electron chi connectivity index (χ2n) is 7.46. The summed E-state index contributed by atoms with van der Waals surface area (Å²) in [4.78, 5) is 24.2. The van der Waals surface area contributed by atoms with Crippen LogP contribution in [0.5, 0.6) is 5.75 Å². The van der Waals surface area contributed by atoms with E-state index in [1.807, 2.05) is 6.92 Å². The lowest BCUT2D eigenvalue weighted by Crippen LogP contribution is -2.23. The van der Waals surface area contributed by atoms with Crippen LogP contribution in [0.25, 0.3) is 0 Å². The maximum atomic E-state index is 12.3. The second kappa shape index (κ2) is 12.2. The molecule has 188 valence electrons. The summed E-state index contributed by atoms with van der Waals surface area (Å²) in [6.07, 6.45) is -0.253. The number of hydrogen-bond donors (Lipinski definition) is 2. The number of carbonyl (C=O) groups excluding carboxylic acids is 2. The quantitative estimate of drug-likeness (QED) is 0.358. The number of aromatic nitrogens is 5. The molecular weight excluding hydrogens is 487 g/mol. The van der Waals surface area contributed by atoms with E-state index in [1.54, 1.807) is 6.07 Å². The van der Waals surface area contributed by atoms with Gasteiger partial charge in [0.2, 0.25) is 5.01 Å². The third-order valence-corrected chi connectivity index (χ3v) is 5.56. The molecule has 0 aliphatic carbocycles. The number of alkyl halides is 3. The Balaban J connectivity index is 1.40. The molecule has 0 saturated heterocycles. The van der Waals surface area contributed by atoms with E-state index in [0.29, 0.717) is 30.1 Å². The van der Waals surface area contributed by atoms with Crippen LogP contribution < -0.4 is 15.4 Å². The summed E-state index contributed by atoms with van der Waals surface area (Å²) in [5.74, 6) is -1.08. The Bertz CT molecular complexity index is 1130. The van der Waals surface area contributed by atoms with Crippen molar-refractivity contribution in [1.82, 2.24) is 35.8 Å². The van der Waals surface area contributed by atoms with Crippen LogP contribution in [0.2, 0.25) is 0 Å². The molecular formula is C21H24F3N7O3S. The molecule has 14 heteroatoms. The molecule has 0 aliphatic heterocycles. The van der Waals surface area contributed by atoms with E-state index in [0.717, 1.165) is 24.3 Å². The maximum Gasteiger partial charge on any atom is 0.573 e. The van der Waals surface area contributed by atoms with Crippen molar-refractivity contribution in [2.45, 2.75) is 52.1 Å². The topological polar surface area (TPSA) is 124 Å². The molecule has 0 aliphatic rings. The van der Waals surface area contributed by atoms with Gasteiger partial charge in [0.15, 0.2) is 5.69 Å². The van der Waals surface area contributed by atoms with Crippen molar-refractivity contribution in [2.75, 3.05) is 6.54 Å². The molecule has 0 fully saturated rings. The van der Waals surface area contributed by atoms with Crippen LogP contribution in [0.1, 0.15) is 57.0 Å². The third kappa shape index (κ3) is 8.63. The van der Waals surface area contributed by atoms with Gasteiger partial charge in [0.05, 0.1) is 6.20 Å². The standard InChI is InChI=1S/C21H24F3N7O3S/c1-2-9-25-19(33)20-29-28-17(35-20)8-3-4-10-31-13-16(27-30-31)18(32)26-12-14-6-5-7-15(11-14)34-21(22,23)24/h5-7,11,13H,2-4,8-10,12H2,1H3,(H,25,33)(H,26,32). The highest BCUT2D eigenvalue weighted by molar-refractivity contribution is 7.13. The molecule has 35 heavy (non-hydrogen) atoms. The van der Waals surface area contributed by atoms with Crippen molar-refractivity contribution >= 4 is 23.2 Å². The number of carbonyl (C=O) groups is 2. The largest absolute Gasteiger partial charge is 0.573 e. The van der Waals surface area contributed by atoms with Gasteiger partial charge in [-0.15, -0.1) is 28.5 Å². The summed E-state index contributed by atoms with van der Waals surface area (Å²) in [5, 5.41) is 22.2. The maximum absolute atomic E-state index is 12.3. The first-order chi connectivity index (χ1) is 16.7. The van der Waals surface area contributed by atoms with Crippen molar-refractivity contribution in [1.29, 1.82) is 0 Å². The normalized spacial score (nSPS) is 11.3. The van der Waals surface area contributed by atoms with Crippen LogP contribution in [0.4, 0.5) is 13.2 Å². The highest BCUT2D eigenvalue weighted by Gasteiger charge is 2.31. The lowest BCUT2D eigenvalue weighted by Gasteiger charge is -2.10. The van der Waals surface area contributed by atoms with Crippen molar-refractivity contribution < 1.29 is 27.5 Å². The fourth-order valence-electron chi connectivity index (χ4n) is 2.95. The first-order valence-corrected chi connectivity index (χ1v) is 11.7. The Morgan fingerprint density at radius 2 is 1.94 bits per heavy atom. The summed E-state index contributed by atoms with van der Waals surface area (Å²) in [6.45, 7) is 3.09. The van der Waals surface area contributed by atoms with Gasteiger partial charge in [0.25, 0.3) is 11.8 Å². The van der Waals surface area contributed by atoms with Gasteiger partial charge in [-0.05, 0) is 37.0 Å². The molecule has 0 radical (unpaired) electrons. The number of unbranched alkanes of at least 4 members (excludes halogenated alkanes) is 1. The van der Waals surface area contributed by atoms with Crippen LogP contribution in [-0.2, 0) is 19.5 Å². The average Bonchev–Trinajstić information content (AvgIpc) is 3.48. The molecule has 2 amide bonds. The molecule has 1 aromatic carbocycles. The lowest BCUT2D eigenvalue weighted by atomic mass is 10.2. The molecule has 2 aromatic heterocycles. The lowest BCUT2D eigenvalue weighted by molar-refractivity contribution is -0.274. The van der Waals surface area contributed by atoms with Gasteiger partial charge in [-0.25, -0.2) is 0 Å². The first kappa shape index (κ1) is 26.1. The molecule has 0 bridgehead atoms. The smallest absolute Gasteiger partial charge is 0.406 e. The van der Waals surface area contributed by atoms with Crippen LogP contribution >= 0.6 is 11.3 Å². The Morgan fingerprint density at radius 1 is 1.11 bits per heavy atom. The van der Waals surface area contributed by atoms with Crippen molar-refractivity contribution in [3.63, 3.8) is 0 Å². The average molecular weight is 512 g/mol. The van der Waals surface area contributed by atoms with Gasteiger partial charge in [0.1, 0.15) is 10.8 Å². The molecule has 2 heterocycles. The van der Waals surface area contributed by atoms with E-state index in [4.69, 9.17) is 0 Å². The monoisotopic (exact) mass is 511 g/mol. The number of benzene rings is 1. The fraction of sp³-hybridized carbons (Fsp3) is 0.429. The van der Waals surface area contributed by atoms with Gasteiger partial charge < -0.3 is 15.4 Å². The van der Waals surface area contributed by atoms with Crippen LogP contribution in [0.3, 0.4) is 0 Å². The highest BCUT2D eigenvalue weighted by atomic mass is 32.1.